The lowest BCUT2D eigenvalue weighted by Crippen LogP contribution is -2.32. The molecule has 110 valence electrons. The van der Waals surface area contributed by atoms with Crippen LogP contribution in [-0.4, -0.2) is 36.0 Å². The van der Waals surface area contributed by atoms with Crippen LogP contribution < -0.4 is 10.5 Å². The van der Waals surface area contributed by atoms with Crippen molar-refractivity contribution in [1.82, 2.24) is 0 Å². The van der Waals surface area contributed by atoms with Crippen molar-refractivity contribution in [3.63, 3.8) is 0 Å². The summed E-state index contributed by atoms with van der Waals surface area (Å²) < 4.78 is 5.45. The first-order chi connectivity index (χ1) is 9.49. The van der Waals surface area contributed by atoms with E-state index >= 15 is 0 Å². The van der Waals surface area contributed by atoms with Gasteiger partial charge < -0.3 is 20.4 Å². The standard InChI is InChI=1S/C14H20N2O4/c1-10(2)16-20-8-7-19-12-5-3-11(4-6-12)9-13(15)14(17)18/h3-6,13H,7-9,15H2,1-2H3,(H,17,18)/t13-/m0/s1. The molecule has 6 nitrogen and oxygen atoms in total. The molecule has 0 aliphatic carbocycles. The SMILES string of the molecule is CC(C)=NOCCOc1ccc(C[C@H](N)C(=O)O)cc1. The Morgan fingerprint density at radius 3 is 2.50 bits per heavy atom. The normalized spacial score (nSPS) is 11.6. The van der Waals surface area contributed by atoms with Crippen LogP contribution in [0.5, 0.6) is 5.75 Å². The largest absolute Gasteiger partial charge is 0.490 e. The van der Waals surface area contributed by atoms with Gasteiger partial charge in [0, 0.05) is 0 Å². The van der Waals surface area contributed by atoms with Gasteiger partial charge in [0.15, 0.2) is 6.61 Å². The molecule has 0 aliphatic rings. The second kappa shape index (κ2) is 8.16. The van der Waals surface area contributed by atoms with E-state index in [2.05, 4.69) is 5.16 Å². The molecule has 0 saturated carbocycles. The van der Waals surface area contributed by atoms with Crippen molar-refractivity contribution in [2.24, 2.45) is 10.9 Å². The van der Waals surface area contributed by atoms with Crippen LogP contribution in [-0.2, 0) is 16.1 Å². The number of ether oxygens (including phenoxy) is 1. The Hall–Kier alpha value is -2.08. The van der Waals surface area contributed by atoms with Gasteiger partial charge >= 0.3 is 5.97 Å². The van der Waals surface area contributed by atoms with Crippen LogP contribution in [0.3, 0.4) is 0 Å². The molecule has 0 bridgehead atoms. The van der Waals surface area contributed by atoms with Crippen molar-refractivity contribution in [1.29, 1.82) is 0 Å². The number of aliphatic carboxylic acids is 1. The van der Waals surface area contributed by atoms with Crippen molar-refractivity contribution in [3.8, 4) is 5.75 Å². The van der Waals surface area contributed by atoms with Gasteiger partial charge in [0.05, 0.1) is 5.71 Å². The monoisotopic (exact) mass is 280 g/mol. The van der Waals surface area contributed by atoms with E-state index in [4.69, 9.17) is 20.4 Å². The maximum Gasteiger partial charge on any atom is 0.320 e. The molecule has 0 heterocycles. The molecule has 0 aliphatic heterocycles. The van der Waals surface area contributed by atoms with E-state index in [1.807, 2.05) is 13.8 Å². The lowest BCUT2D eigenvalue weighted by molar-refractivity contribution is -0.138. The number of carbonyl (C=O) groups is 1. The fraction of sp³-hybridized carbons (Fsp3) is 0.429. The summed E-state index contributed by atoms with van der Waals surface area (Å²) in [7, 11) is 0. The highest BCUT2D eigenvalue weighted by atomic mass is 16.6. The smallest absolute Gasteiger partial charge is 0.320 e. The highest BCUT2D eigenvalue weighted by Gasteiger charge is 2.11. The van der Waals surface area contributed by atoms with Gasteiger partial charge in [-0.25, -0.2) is 0 Å². The summed E-state index contributed by atoms with van der Waals surface area (Å²) >= 11 is 0. The molecule has 1 atom stereocenters. The minimum atomic E-state index is -1.01. The first kappa shape index (κ1) is 16.0. The van der Waals surface area contributed by atoms with Gasteiger partial charge in [-0.05, 0) is 38.0 Å². The molecule has 0 amide bonds. The first-order valence-electron chi connectivity index (χ1n) is 6.32. The van der Waals surface area contributed by atoms with Gasteiger partial charge in [-0.15, -0.1) is 0 Å². The molecule has 6 heteroatoms. The number of rotatable bonds is 8. The number of hydrogen-bond acceptors (Lipinski definition) is 5. The average molecular weight is 280 g/mol. The maximum atomic E-state index is 10.6. The van der Waals surface area contributed by atoms with E-state index in [-0.39, 0.29) is 0 Å². The summed E-state index contributed by atoms with van der Waals surface area (Å²) in [5, 5.41) is 12.5. The Kier molecular flexibility index (Phi) is 6.52. The van der Waals surface area contributed by atoms with E-state index in [0.717, 1.165) is 11.3 Å². The fourth-order valence-corrected chi connectivity index (χ4v) is 1.43. The summed E-state index contributed by atoms with van der Waals surface area (Å²) in [5.41, 5.74) is 7.17. The molecule has 0 aromatic heterocycles. The number of hydrogen-bond donors (Lipinski definition) is 2. The molecule has 0 radical (unpaired) electrons. The molecular formula is C14H20N2O4. The van der Waals surface area contributed by atoms with E-state index in [1.54, 1.807) is 24.3 Å². The Morgan fingerprint density at radius 2 is 1.95 bits per heavy atom. The number of carboxylic acids is 1. The quantitative estimate of drug-likeness (QED) is 0.427. The van der Waals surface area contributed by atoms with Crippen LogP contribution in [0.1, 0.15) is 19.4 Å². The van der Waals surface area contributed by atoms with Crippen LogP contribution in [0.2, 0.25) is 0 Å². The number of nitrogens with zero attached hydrogens (tertiary/aromatic N) is 1. The van der Waals surface area contributed by atoms with Crippen LogP contribution >= 0.6 is 0 Å². The van der Waals surface area contributed by atoms with Crippen molar-refractivity contribution >= 4 is 11.7 Å². The Labute approximate surface area is 118 Å². The molecule has 3 N–H and O–H groups in total. The zero-order valence-corrected chi connectivity index (χ0v) is 11.7. The second-order valence-electron chi connectivity index (χ2n) is 4.51. The average Bonchev–Trinajstić information content (AvgIpc) is 2.39. The molecule has 20 heavy (non-hydrogen) atoms. The van der Waals surface area contributed by atoms with Gasteiger partial charge in [0.2, 0.25) is 0 Å². The molecule has 0 spiro atoms. The molecule has 1 aromatic rings. The number of benzene rings is 1. The predicted octanol–water partition coefficient (Wildman–Crippen LogP) is 1.43. The van der Waals surface area contributed by atoms with Crippen LogP contribution in [0.25, 0.3) is 0 Å². The molecule has 0 fully saturated rings. The van der Waals surface area contributed by atoms with Gasteiger partial charge in [-0.1, -0.05) is 17.3 Å². The summed E-state index contributed by atoms with van der Waals surface area (Å²) in [5.74, 6) is -0.312. The Balaban J connectivity index is 2.35. The summed E-state index contributed by atoms with van der Waals surface area (Å²) in [6, 6.07) is 6.27. The summed E-state index contributed by atoms with van der Waals surface area (Å²) in [6.07, 6.45) is 0.295. The van der Waals surface area contributed by atoms with Crippen molar-refractivity contribution in [3.05, 3.63) is 29.8 Å². The van der Waals surface area contributed by atoms with Crippen LogP contribution in [0.4, 0.5) is 0 Å². The van der Waals surface area contributed by atoms with Gasteiger partial charge in [-0.2, -0.15) is 0 Å². The van der Waals surface area contributed by atoms with Crippen LogP contribution in [0.15, 0.2) is 29.4 Å². The minimum absolute atomic E-state index is 0.295. The fourth-order valence-electron chi connectivity index (χ4n) is 1.43. The van der Waals surface area contributed by atoms with E-state index in [0.29, 0.717) is 25.4 Å². The first-order valence-corrected chi connectivity index (χ1v) is 6.32. The second-order valence-corrected chi connectivity index (χ2v) is 4.51. The molecule has 0 unspecified atom stereocenters. The topological polar surface area (TPSA) is 94.1 Å². The van der Waals surface area contributed by atoms with Gasteiger partial charge in [-0.3, -0.25) is 4.79 Å². The van der Waals surface area contributed by atoms with E-state index in [1.165, 1.54) is 0 Å². The van der Waals surface area contributed by atoms with Crippen molar-refractivity contribution in [2.75, 3.05) is 13.2 Å². The van der Waals surface area contributed by atoms with E-state index < -0.39 is 12.0 Å². The number of oxime groups is 1. The highest BCUT2D eigenvalue weighted by molar-refractivity contribution is 5.78. The van der Waals surface area contributed by atoms with Gasteiger partial charge in [0.25, 0.3) is 0 Å². The lowest BCUT2D eigenvalue weighted by Gasteiger charge is -2.08. The summed E-state index contributed by atoms with van der Waals surface area (Å²) in [4.78, 5) is 15.6. The third-order valence-corrected chi connectivity index (χ3v) is 2.39. The third-order valence-electron chi connectivity index (χ3n) is 2.39. The molecule has 0 saturated heterocycles. The molecule has 1 aromatic carbocycles. The van der Waals surface area contributed by atoms with Crippen molar-refractivity contribution < 1.29 is 19.5 Å². The lowest BCUT2D eigenvalue weighted by atomic mass is 10.1. The maximum absolute atomic E-state index is 10.6. The molecule has 1 rings (SSSR count). The number of carboxylic acid groups (broad SMARTS) is 1. The predicted molar refractivity (Wildman–Crippen MR) is 76.0 cm³/mol. The zero-order valence-electron chi connectivity index (χ0n) is 11.7. The minimum Gasteiger partial charge on any atom is -0.490 e. The highest BCUT2D eigenvalue weighted by Crippen LogP contribution is 2.13. The Morgan fingerprint density at radius 1 is 1.30 bits per heavy atom. The van der Waals surface area contributed by atoms with Crippen molar-refractivity contribution in [2.45, 2.75) is 26.3 Å². The summed E-state index contributed by atoms with van der Waals surface area (Å²) in [6.45, 7) is 4.46. The van der Waals surface area contributed by atoms with Crippen LogP contribution in [0, 0.1) is 0 Å². The Bertz CT molecular complexity index is 453. The van der Waals surface area contributed by atoms with E-state index in [9.17, 15) is 4.79 Å². The number of nitrogens with two attached hydrogens (primary N) is 1. The molecular weight excluding hydrogens is 260 g/mol. The zero-order chi connectivity index (χ0) is 15.0. The third kappa shape index (κ3) is 6.19. The van der Waals surface area contributed by atoms with Gasteiger partial charge in [0.1, 0.15) is 18.4 Å².